The van der Waals surface area contributed by atoms with Crippen LogP contribution in [-0.2, 0) is 38.5 Å². The van der Waals surface area contributed by atoms with Gasteiger partial charge in [-0.1, -0.05) is 45.9 Å². The van der Waals surface area contributed by atoms with Gasteiger partial charge in [-0.2, -0.15) is 0 Å². The van der Waals surface area contributed by atoms with Crippen molar-refractivity contribution in [3.05, 3.63) is 100 Å². The van der Waals surface area contributed by atoms with Crippen molar-refractivity contribution in [3.63, 3.8) is 0 Å². The Morgan fingerprint density at radius 2 is 1.55 bits per heavy atom. The number of aryl methyl sites for hydroxylation is 2. The van der Waals surface area contributed by atoms with E-state index in [4.69, 9.17) is 24.0 Å². The van der Waals surface area contributed by atoms with Gasteiger partial charge in [-0.05, 0) is 105 Å². The lowest BCUT2D eigenvalue weighted by Gasteiger charge is -2.31. The smallest absolute Gasteiger partial charge is 0.333 e. The first-order valence-corrected chi connectivity index (χ1v) is 25.2. The number of hydrogen-bond acceptors (Lipinski definition) is 13. The molecule has 2 atom stereocenters. The SMILES string of the molecule is COc1cc2c(cc1OCCCOc1cc3c(cc1C)C(=O)N1c4cc(N(C)CC(C)(C)SSCCCC(=O)ON5C(=O)CCC5=O)ccc4C[C@H]1CC3)N=C[C@@H]1Cc3ccccc3N1C2=O. The summed E-state index contributed by atoms with van der Waals surface area (Å²) in [6.45, 7) is 7.85. The number of amides is 4. The normalized spacial score (nSPS) is 18.1. The van der Waals surface area contributed by atoms with Crippen LogP contribution >= 0.6 is 21.6 Å². The van der Waals surface area contributed by atoms with Gasteiger partial charge in [0.15, 0.2) is 11.5 Å². The van der Waals surface area contributed by atoms with Crippen LogP contribution in [0.25, 0.3) is 0 Å². The fourth-order valence-electron chi connectivity index (χ4n) is 9.56. The first kappa shape index (κ1) is 46.1. The van der Waals surface area contributed by atoms with Crippen molar-refractivity contribution in [2.24, 2.45) is 4.99 Å². The van der Waals surface area contributed by atoms with E-state index in [9.17, 15) is 24.0 Å². The number of ether oxygens (including phenoxy) is 3. The summed E-state index contributed by atoms with van der Waals surface area (Å²) in [6.07, 6.45) is 6.41. The summed E-state index contributed by atoms with van der Waals surface area (Å²) in [4.78, 5) is 79.6. The molecule has 5 heterocycles. The average Bonchev–Trinajstić information content (AvgIpc) is 3.92. The number of hydroxylamine groups is 2. The van der Waals surface area contributed by atoms with E-state index in [0.29, 0.717) is 65.2 Å². The Morgan fingerprint density at radius 3 is 2.34 bits per heavy atom. The third-order valence-electron chi connectivity index (χ3n) is 12.8. The number of anilines is 3. The van der Waals surface area contributed by atoms with Gasteiger partial charge in [-0.15, -0.1) is 5.06 Å². The molecule has 0 unspecified atom stereocenters. The Kier molecular flexibility index (Phi) is 13.3. The molecule has 0 aromatic heterocycles. The van der Waals surface area contributed by atoms with Crippen molar-refractivity contribution in [2.45, 2.75) is 95.4 Å². The Hall–Kier alpha value is -6.00. The molecule has 1 saturated heterocycles. The number of aliphatic imine (C=N–C) groups is 1. The number of rotatable bonds is 17. The molecular formula is C51H55N5O9S2. The van der Waals surface area contributed by atoms with Crippen LogP contribution < -0.4 is 28.9 Å². The fourth-order valence-corrected chi connectivity index (χ4v) is 12.2. The topological polar surface area (TPSA) is 148 Å². The van der Waals surface area contributed by atoms with E-state index in [2.05, 4.69) is 50.1 Å². The largest absolute Gasteiger partial charge is 0.493 e. The highest BCUT2D eigenvalue weighted by Crippen LogP contribution is 2.44. The van der Waals surface area contributed by atoms with E-state index >= 15 is 0 Å². The first-order valence-electron chi connectivity index (χ1n) is 22.9. The highest BCUT2D eigenvalue weighted by atomic mass is 33.1. The molecule has 5 aliphatic heterocycles. The Morgan fingerprint density at radius 1 is 0.806 bits per heavy atom. The van der Waals surface area contributed by atoms with Gasteiger partial charge in [0.25, 0.3) is 23.6 Å². The molecule has 67 heavy (non-hydrogen) atoms. The standard InChI is InChI=1S/C51H55N5O9S2/c1-31-22-38-32(25-43(31)63-19-9-20-64-45-28-40-39(27-44(45)62-5)50(61)55-37(29-52-40)24-33-10-6-7-11-41(33)55)13-16-36-23-34-14-15-35(26-42(34)54(36)49(38)60)53(4)30-51(2,3)67-66-21-8-12-48(59)65-56-46(57)17-18-47(56)58/h6-7,10-11,14-15,22,25-29,36-37H,8-9,12-13,16-21,23-24,30H2,1-5H3/t36-,37+/m1/s1. The van der Waals surface area contributed by atoms with E-state index in [-0.39, 0.29) is 47.9 Å². The Bertz CT molecular complexity index is 2650. The van der Waals surface area contributed by atoms with E-state index < -0.39 is 17.8 Å². The highest BCUT2D eigenvalue weighted by Gasteiger charge is 2.39. The number of fused-ring (bicyclic) bond motifs is 8. The second-order valence-corrected chi connectivity index (χ2v) is 21.4. The summed E-state index contributed by atoms with van der Waals surface area (Å²) in [7, 11) is 7.06. The minimum absolute atomic E-state index is 0.0137. The van der Waals surface area contributed by atoms with Crippen LogP contribution in [0.1, 0.15) is 95.3 Å². The van der Waals surface area contributed by atoms with E-state index in [1.54, 1.807) is 40.8 Å². The second-order valence-electron chi connectivity index (χ2n) is 18.3. The maximum atomic E-state index is 14.4. The average molecular weight is 946 g/mol. The molecule has 0 N–H and O–H groups in total. The third-order valence-corrected chi connectivity index (χ3v) is 16.2. The molecule has 350 valence electrons. The quantitative estimate of drug-likeness (QED) is 0.0567. The van der Waals surface area contributed by atoms with Crippen LogP contribution in [0.15, 0.2) is 71.7 Å². The van der Waals surface area contributed by atoms with Gasteiger partial charge in [-0.25, -0.2) is 4.79 Å². The number of para-hydroxylation sites is 1. The molecule has 0 saturated carbocycles. The van der Waals surface area contributed by atoms with Crippen LogP contribution in [-0.4, -0.2) is 97.4 Å². The van der Waals surface area contributed by atoms with Crippen LogP contribution in [0.2, 0.25) is 0 Å². The maximum Gasteiger partial charge on any atom is 0.333 e. The molecule has 4 aromatic carbocycles. The first-order chi connectivity index (χ1) is 32.3. The summed E-state index contributed by atoms with van der Waals surface area (Å²) >= 11 is 0. The van der Waals surface area contributed by atoms with E-state index in [0.717, 1.165) is 71.7 Å². The Balaban J connectivity index is 0.773. The van der Waals surface area contributed by atoms with Gasteiger partial charge in [0.05, 0.1) is 37.6 Å². The summed E-state index contributed by atoms with van der Waals surface area (Å²) < 4.78 is 18.0. The molecule has 4 aromatic rings. The fraction of sp³-hybridized carbons (Fsp3) is 0.412. The molecule has 14 nitrogen and oxygen atoms in total. The molecule has 0 radical (unpaired) electrons. The van der Waals surface area contributed by atoms with Gasteiger partial charge in [0.1, 0.15) is 5.75 Å². The van der Waals surface area contributed by atoms with E-state index in [1.165, 1.54) is 5.56 Å². The summed E-state index contributed by atoms with van der Waals surface area (Å²) in [5.41, 5.74) is 8.83. The number of methoxy groups -OCH3 is 1. The number of imide groups is 1. The number of nitrogens with zero attached hydrogens (tertiary/aromatic N) is 5. The molecule has 5 aliphatic rings. The van der Waals surface area contributed by atoms with Crippen LogP contribution in [0.3, 0.4) is 0 Å². The molecule has 1 fully saturated rings. The molecule has 4 amide bonds. The molecule has 9 rings (SSSR count). The lowest BCUT2D eigenvalue weighted by atomic mass is 9.98. The van der Waals surface area contributed by atoms with Crippen molar-refractivity contribution in [2.75, 3.05) is 54.4 Å². The summed E-state index contributed by atoms with van der Waals surface area (Å²) in [5, 5.41) is 0.596. The van der Waals surface area contributed by atoms with Crippen LogP contribution in [0.5, 0.6) is 17.2 Å². The predicted molar refractivity (Wildman–Crippen MR) is 262 cm³/mol. The monoisotopic (exact) mass is 945 g/mol. The zero-order chi connectivity index (χ0) is 47.0. The maximum absolute atomic E-state index is 14.4. The van der Waals surface area contributed by atoms with Crippen molar-refractivity contribution in [3.8, 4) is 17.2 Å². The molecule has 0 aliphatic carbocycles. The second kappa shape index (κ2) is 19.3. The van der Waals surface area contributed by atoms with Gasteiger partial charge in [-0.3, -0.25) is 29.1 Å². The minimum Gasteiger partial charge on any atom is -0.493 e. The van der Waals surface area contributed by atoms with Crippen molar-refractivity contribution in [1.82, 2.24) is 5.06 Å². The van der Waals surface area contributed by atoms with Crippen LogP contribution in [0.4, 0.5) is 22.7 Å². The number of benzene rings is 4. The van der Waals surface area contributed by atoms with Crippen LogP contribution in [0, 0.1) is 6.92 Å². The molecule has 0 bridgehead atoms. The van der Waals surface area contributed by atoms with Gasteiger partial charge >= 0.3 is 5.97 Å². The van der Waals surface area contributed by atoms with Gasteiger partial charge in [0.2, 0.25) is 0 Å². The third kappa shape index (κ3) is 9.60. The lowest BCUT2D eigenvalue weighted by molar-refractivity contribution is -0.197. The molecule has 0 spiro atoms. The zero-order valence-electron chi connectivity index (χ0n) is 38.5. The summed E-state index contributed by atoms with van der Waals surface area (Å²) in [6, 6.07) is 21.8. The molecule has 16 heteroatoms. The van der Waals surface area contributed by atoms with Crippen molar-refractivity contribution < 1.29 is 43.0 Å². The highest BCUT2D eigenvalue weighted by molar-refractivity contribution is 8.77. The lowest BCUT2D eigenvalue weighted by Crippen LogP contribution is -2.37. The number of carbonyl (C=O) groups is 5. The molecular weight excluding hydrogens is 891 g/mol. The van der Waals surface area contributed by atoms with Crippen molar-refractivity contribution >= 4 is 80.1 Å². The van der Waals surface area contributed by atoms with Gasteiger partial charge < -0.3 is 28.8 Å². The summed E-state index contributed by atoms with van der Waals surface area (Å²) in [5.74, 6) is 0.815. The van der Waals surface area contributed by atoms with Crippen molar-refractivity contribution in [1.29, 1.82) is 0 Å². The van der Waals surface area contributed by atoms with Gasteiger partial charge in [0, 0.05) is 97.1 Å². The number of carbonyl (C=O) groups excluding carboxylic acids is 5. The minimum atomic E-state index is -0.577. The zero-order valence-corrected chi connectivity index (χ0v) is 40.1. The van der Waals surface area contributed by atoms with E-state index in [1.807, 2.05) is 53.3 Å². The number of hydrogen-bond donors (Lipinski definition) is 0. The Labute approximate surface area is 398 Å². The predicted octanol–water partition coefficient (Wildman–Crippen LogP) is 8.64.